The number of aromatic nitrogens is 1. The highest BCUT2D eigenvalue weighted by Crippen LogP contribution is 2.33. The summed E-state index contributed by atoms with van der Waals surface area (Å²) in [5, 5.41) is 1.11. The number of carbonyl (C=O) groups is 1. The van der Waals surface area contributed by atoms with Crippen LogP contribution in [0.2, 0.25) is 0 Å². The van der Waals surface area contributed by atoms with Crippen LogP contribution in [0.3, 0.4) is 0 Å². The van der Waals surface area contributed by atoms with Crippen molar-refractivity contribution in [2.75, 3.05) is 7.11 Å². The Balaban J connectivity index is 1.35. The molecule has 5 nitrogen and oxygen atoms in total. The van der Waals surface area contributed by atoms with Crippen molar-refractivity contribution in [2.24, 2.45) is 0 Å². The number of pyridine rings is 1. The van der Waals surface area contributed by atoms with Crippen LogP contribution in [0.15, 0.2) is 72.8 Å². The maximum Gasteiger partial charge on any atom is 0.337 e. The largest absolute Gasteiger partial charge is 0.465 e. The summed E-state index contributed by atoms with van der Waals surface area (Å²) in [6.45, 7) is 2.97. The number of benzene rings is 3. The molecule has 0 fully saturated rings. The van der Waals surface area contributed by atoms with Crippen molar-refractivity contribution in [3.63, 3.8) is 0 Å². The van der Waals surface area contributed by atoms with Gasteiger partial charge in [0.25, 0.3) is 0 Å². The summed E-state index contributed by atoms with van der Waals surface area (Å²) in [6, 6.07) is 23.9. The standard InChI is InChI=1S/C27H23NO4/c1-17-11-18(13-22(12-17)19-7-9-20(10-8-19)26(29)30-2)15-31-27-25-23(16-32-27)14-21-5-3-4-6-24(21)28-25/h3-14,27H,15-16H2,1-2H3. The Labute approximate surface area is 186 Å². The maximum atomic E-state index is 11.7. The third-order valence-corrected chi connectivity index (χ3v) is 5.63. The van der Waals surface area contributed by atoms with Crippen molar-refractivity contribution in [1.29, 1.82) is 0 Å². The monoisotopic (exact) mass is 425 g/mol. The third kappa shape index (κ3) is 4.00. The van der Waals surface area contributed by atoms with E-state index >= 15 is 0 Å². The molecule has 0 amide bonds. The summed E-state index contributed by atoms with van der Waals surface area (Å²) in [6.07, 6.45) is -0.474. The second-order valence-corrected chi connectivity index (χ2v) is 7.96. The van der Waals surface area contributed by atoms with E-state index in [0.29, 0.717) is 18.8 Å². The minimum absolute atomic E-state index is 0.340. The van der Waals surface area contributed by atoms with E-state index in [1.54, 1.807) is 12.1 Å². The lowest BCUT2D eigenvalue weighted by molar-refractivity contribution is -0.147. The van der Waals surface area contributed by atoms with Gasteiger partial charge < -0.3 is 14.2 Å². The van der Waals surface area contributed by atoms with Crippen LogP contribution in [0.4, 0.5) is 0 Å². The summed E-state index contributed by atoms with van der Waals surface area (Å²) in [4.78, 5) is 16.5. The lowest BCUT2D eigenvalue weighted by atomic mass is 9.99. The fourth-order valence-corrected chi connectivity index (χ4v) is 4.07. The smallest absolute Gasteiger partial charge is 0.337 e. The number of carbonyl (C=O) groups excluding carboxylic acids is 1. The molecule has 160 valence electrons. The quantitative estimate of drug-likeness (QED) is 0.382. The summed E-state index contributed by atoms with van der Waals surface area (Å²) in [7, 11) is 1.38. The summed E-state index contributed by atoms with van der Waals surface area (Å²) >= 11 is 0. The van der Waals surface area contributed by atoms with Gasteiger partial charge in [-0.15, -0.1) is 0 Å². The Morgan fingerprint density at radius 3 is 2.66 bits per heavy atom. The molecule has 0 saturated heterocycles. The van der Waals surface area contributed by atoms with E-state index in [1.165, 1.54) is 7.11 Å². The first-order chi connectivity index (χ1) is 15.6. The number of hydrogen-bond donors (Lipinski definition) is 0. The third-order valence-electron chi connectivity index (χ3n) is 5.63. The fourth-order valence-electron chi connectivity index (χ4n) is 4.07. The van der Waals surface area contributed by atoms with Gasteiger partial charge in [0.15, 0.2) is 0 Å². The van der Waals surface area contributed by atoms with Crippen LogP contribution in [-0.4, -0.2) is 18.1 Å². The fraction of sp³-hybridized carbons (Fsp3) is 0.185. The molecule has 0 spiro atoms. The van der Waals surface area contributed by atoms with Gasteiger partial charge in [-0.1, -0.05) is 48.0 Å². The van der Waals surface area contributed by atoms with Crippen LogP contribution in [0.5, 0.6) is 0 Å². The molecule has 2 heterocycles. The van der Waals surface area contributed by atoms with Crippen molar-refractivity contribution in [3.8, 4) is 11.1 Å². The van der Waals surface area contributed by atoms with E-state index in [-0.39, 0.29) is 5.97 Å². The topological polar surface area (TPSA) is 57.7 Å². The molecule has 4 aromatic rings. The molecule has 1 unspecified atom stereocenters. The number of nitrogens with zero attached hydrogens (tertiary/aromatic N) is 1. The molecular weight excluding hydrogens is 402 g/mol. The van der Waals surface area contributed by atoms with Gasteiger partial charge in [-0.2, -0.15) is 0 Å². The normalized spacial score (nSPS) is 15.0. The molecule has 0 aliphatic carbocycles. The highest BCUT2D eigenvalue weighted by atomic mass is 16.7. The number of ether oxygens (including phenoxy) is 3. The van der Waals surface area contributed by atoms with Gasteiger partial charge >= 0.3 is 5.97 Å². The minimum atomic E-state index is -0.474. The zero-order valence-corrected chi connectivity index (χ0v) is 18.0. The van der Waals surface area contributed by atoms with Gasteiger partial charge in [0.2, 0.25) is 6.29 Å². The number of fused-ring (bicyclic) bond motifs is 2. The van der Waals surface area contributed by atoms with Crippen LogP contribution in [0.1, 0.15) is 39.0 Å². The molecule has 1 aliphatic heterocycles. The Kier molecular flexibility index (Phi) is 5.43. The first-order valence-corrected chi connectivity index (χ1v) is 10.5. The van der Waals surface area contributed by atoms with Crippen LogP contribution in [0.25, 0.3) is 22.0 Å². The number of aryl methyl sites for hydroxylation is 1. The molecular formula is C27H23NO4. The molecule has 1 aromatic heterocycles. The highest BCUT2D eigenvalue weighted by molar-refractivity contribution is 5.90. The average Bonchev–Trinajstić information content (AvgIpc) is 3.22. The van der Waals surface area contributed by atoms with Crippen LogP contribution in [0, 0.1) is 6.92 Å². The Bertz CT molecular complexity index is 1300. The zero-order valence-electron chi connectivity index (χ0n) is 18.0. The van der Waals surface area contributed by atoms with E-state index < -0.39 is 6.29 Å². The first kappa shape index (κ1) is 20.4. The van der Waals surface area contributed by atoms with Gasteiger partial charge in [-0.05, 0) is 53.9 Å². The second-order valence-electron chi connectivity index (χ2n) is 7.96. The molecule has 1 atom stereocenters. The lowest BCUT2D eigenvalue weighted by Crippen LogP contribution is -2.05. The molecule has 1 aliphatic rings. The van der Waals surface area contributed by atoms with Crippen molar-refractivity contribution in [1.82, 2.24) is 4.98 Å². The van der Waals surface area contributed by atoms with Crippen molar-refractivity contribution in [2.45, 2.75) is 26.4 Å². The first-order valence-electron chi connectivity index (χ1n) is 10.5. The van der Waals surface area contributed by atoms with Gasteiger partial charge in [0, 0.05) is 10.9 Å². The van der Waals surface area contributed by atoms with Crippen LogP contribution in [-0.2, 0) is 27.4 Å². The highest BCUT2D eigenvalue weighted by Gasteiger charge is 2.26. The lowest BCUT2D eigenvalue weighted by Gasteiger charge is -2.14. The number of hydrogen-bond acceptors (Lipinski definition) is 5. The van der Waals surface area contributed by atoms with Gasteiger partial charge in [-0.3, -0.25) is 0 Å². The summed E-state index contributed by atoms with van der Waals surface area (Å²) in [5.74, 6) is -0.340. The average molecular weight is 425 g/mol. The maximum absolute atomic E-state index is 11.7. The Morgan fingerprint density at radius 2 is 1.84 bits per heavy atom. The van der Waals surface area contributed by atoms with E-state index in [4.69, 9.17) is 19.2 Å². The molecule has 32 heavy (non-hydrogen) atoms. The van der Waals surface area contributed by atoms with E-state index in [2.05, 4.69) is 37.3 Å². The number of rotatable bonds is 5. The Hall–Kier alpha value is -3.54. The summed E-state index contributed by atoms with van der Waals surface area (Å²) in [5.41, 5.74) is 7.68. The van der Waals surface area contributed by atoms with Crippen molar-refractivity contribution >= 4 is 16.9 Å². The van der Waals surface area contributed by atoms with Gasteiger partial charge in [-0.25, -0.2) is 9.78 Å². The predicted molar refractivity (Wildman–Crippen MR) is 122 cm³/mol. The summed E-state index contributed by atoms with van der Waals surface area (Å²) < 4.78 is 16.8. The molecule has 5 rings (SSSR count). The SMILES string of the molecule is COC(=O)c1ccc(-c2cc(C)cc(COC3OCc4cc5ccccc5nc43)c2)cc1. The Morgan fingerprint density at radius 1 is 1.03 bits per heavy atom. The molecule has 3 aromatic carbocycles. The zero-order chi connectivity index (χ0) is 22.1. The number of para-hydroxylation sites is 1. The van der Waals surface area contributed by atoms with Crippen LogP contribution >= 0.6 is 0 Å². The van der Waals surface area contributed by atoms with E-state index in [9.17, 15) is 4.79 Å². The molecule has 0 N–H and O–H groups in total. The number of esters is 1. The molecule has 0 bridgehead atoms. The van der Waals surface area contributed by atoms with Crippen LogP contribution < -0.4 is 0 Å². The minimum Gasteiger partial charge on any atom is -0.465 e. The molecule has 5 heteroatoms. The van der Waals surface area contributed by atoms with Crippen molar-refractivity contribution < 1.29 is 19.0 Å². The number of methoxy groups -OCH3 is 1. The van der Waals surface area contributed by atoms with E-state index in [1.807, 2.05) is 30.3 Å². The molecule has 0 radical (unpaired) electrons. The second kappa shape index (κ2) is 8.54. The van der Waals surface area contributed by atoms with Gasteiger partial charge in [0.1, 0.15) is 5.69 Å². The predicted octanol–water partition coefficient (Wildman–Crippen LogP) is 5.74. The van der Waals surface area contributed by atoms with E-state index in [0.717, 1.165) is 44.4 Å². The van der Waals surface area contributed by atoms with Gasteiger partial charge in [0.05, 0.1) is 31.4 Å². The van der Waals surface area contributed by atoms with Crippen molar-refractivity contribution in [3.05, 3.63) is 101 Å². The molecule has 0 saturated carbocycles.